The van der Waals surface area contributed by atoms with Gasteiger partial charge in [0, 0.05) is 78.6 Å². The maximum Gasteiger partial charge on any atom is 0.259 e. The summed E-state index contributed by atoms with van der Waals surface area (Å²) in [6, 6.07) is 5.99. The van der Waals surface area contributed by atoms with Gasteiger partial charge >= 0.3 is 0 Å². The molecule has 1 unspecified atom stereocenters. The number of sulfonamides is 1. The van der Waals surface area contributed by atoms with Gasteiger partial charge in [0.2, 0.25) is 10.0 Å². The molecule has 9 heteroatoms. The van der Waals surface area contributed by atoms with Gasteiger partial charge in [-0.05, 0) is 19.1 Å². The number of pyridine rings is 2. The molecule has 0 aromatic carbocycles. The van der Waals surface area contributed by atoms with E-state index in [1.165, 1.54) is 10.6 Å². The second-order valence-electron chi connectivity index (χ2n) is 7.60. The largest absolute Gasteiger partial charge is 0.317 e. The van der Waals surface area contributed by atoms with Crippen LogP contribution in [0.25, 0.3) is 21.2 Å². The fourth-order valence-electron chi connectivity index (χ4n) is 3.81. The highest BCUT2D eigenvalue weighted by Crippen LogP contribution is 2.33. The van der Waals surface area contributed by atoms with E-state index in [9.17, 15) is 13.2 Å². The third-order valence-corrected chi connectivity index (χ3v) is 7.85. The van der Waals surface area contributed by atoms with E-state index in [0.717, 1.165) is 26.1 Å². The molecule has 0 spiro atoms. The van der Waals surface area contributed by atoms with E-state index in [4.69, 9.17) is 0 Å². The average Bonchev–Trinajstić information content (AvgIpc) is 3.10. The van der Waals surface area contributed by atoms with Crippen LogP contribution in [0.15, 0.2) is 41.6 Å². The summed E-state index contributed by atoms with van der Waals surface area (Å²) in [5.41, 5.74) is 1.98. The first kappa shape index (κ1) is 20.2. The Morgan fingerprint density at radius 3 is 2.76 bits per heavy atom. The van der Waals surface area contributed by atoms with E-state index in [-0.39, 0.29) is 11.6 Å². The molecule has 1 aliphatic heterocycles. The highest BCUT2D eigenvalue weighted by atomic mass is 32.2. The molecular formula is C20H24N4O3S2. The van der Waals surface area contributed by atoms with Gasteiger partial charge in [0.25, 0.3) is 5.56 Å². The number of aryl methyl sites for hydroxylation is 1. The third kappa shape index (κ3) is 4.00. The number of piperazine rings is 1. The lowest BCUT2D eigenvalue weighted by molar-refractivity contribution is 0.123. The molecule has 1 fully saturated rings. The molecule has 0 saturated carbocycles. The van der Waals surface area contributed by atoms with Crippen LogP contribution in [0.2, 0.25) is 0 Å². The number of fused-ring (bicyclic) bond motifs is 1. The van der Waals surface area contributed by atoms with Crippen LogP contribution in [0, 0.1) is 0 Å². The first-order valence-electron chi connectivity index (χ1n) is 9.45. The zero-order valence-electron chi connectivity index (χ0n) is 16.7. The standard InChI is InChI=1S/C20H24N4O3S2/c1-14-11-24(29(3,26)27)8-7-23(14)12-16-9-17-19(28-16)18(13-22(2)20(17)25)15-5-4-6-21-10-15/h4-6,9-10,13-14H,7-8,11-12H2,1-3H3. The van der Waals surface area contributed by atoms with Crippen LogP contribution in [0.3, 0.4) is 0 Å². The molecule has 29 heavy (non-hydrogen) atoms. The molecule has 4 heterocycles. The molecule has 154 valence electrons. The minimum absolute atomic E-state index is 0.00918. The molecule has 0 radical (unpaired) electrons. The number of hydrogen-bond donors (Lipinski definition) is 0. The number of nitrogens with zero attached hydrogens (tertiary/aromatic N) is 4. The normalized spacial score (nSPS) is 19.1. The van der Waals surface area contributed by atoms with E-state index in [2.05, 4.69) is 9.88 Å². The van der Waals surface area contributed by atoms with Crippen LogP contribution in [0.4, 0.5) is 0 Å². The molecule has 3 aromatic rings. The maximum atomic E-state index is 12.7. The van der Waals surface area contributed by atoms with Crippen LogP contribution >= 0.6 is 11.3 Å². The fraction of sp³-hybridized carbons (Fsp3) is 0.400. The van der Waals surface area contributed by atoms with Crippen molar-refractivity contribution in [2.45, 2.75) is 19.5 Å². The van der Waals surface area contributed by atoms with Crippen LogP contribution < -0.4 is 5.56 Å². The lowest BCUT2D eigenvalue weighted by Crippen LogP contribution is -2.52. The maximum absolute atomic E-state index is 12.7. The van der Waals surface area contributed by atoms with Crippen LogP contribution in [-0.2, 0) is 23.6 Å². The minimum Gasteiger partial charge on any atom is -0.317 e. The molecule has 1 atom stereocenters. The smallest absolute Gasteiger partial charge is 0.259 e. The molecule has 0 N–H and O–H groups in total. The highest BCUT2D eigenvalue weighted by Gasteiger charge is 2.29. The average molecular weight is 433 g/mol. The van der Waals surface area contributed by atoms with Gasteiger partial charge in [-0.1, -0.05) is 6.07 Å². The summed E-state index contributed by atoms with van der Waals surface area (Å²) in [6.45, 7) is 4.41. The van der Waals surface area contributed by atoms with Gasteiger partial charge in [-0.25, -0.2) is 8.42 Å². The lowest BCUT2D eigenvalue weighted by atomic mass is 10.1. The summed E-state index contributed by atoms with van der Waals surface area (Å²) < 4.78 is 27.8. The number of aromatic nitrogens is 2. The molecule has 7 nitrogen and oxygen atoms in total. The Morgan fingerprint density at radius 2 is 2.10 bits per heavy atom. The quantitative estimate of drug-likeness (QED) is 0.631. The van der Waals surface area contributed by atoms with Crippen molar-refractivity contribution in [3.05, 3.63) is 52.0 Å². The molecular weight excluding hydrogens is 408 g/mol. The van der Waals surface area contributed by atoms with E-state index in [1.807, 2.05) is 37.5 Å². The van der Waals surface area contributed by atoms with Crippen LogP contribution in [-0.4, -0.2) is 59.1 Å². The predicted octanol–water partition coefficient (Wildman–Crippen LogP) is 2.13. The zero-order valence-corrected chi connectivity index (χ0v) is 18.3. The second kappa shape index (κ2) is 7.64. The fourth-order valence-corrected chi connectivity index (χ4v) is 5.91. The van der Waals surface area contributed by atoms with E-state index in [0.29, 0.717) is 26.2 Å². The summed E-state index contributed by atoms with van der Waals surface area (Å²) in [6.07, 6.45) is 6.68. The summed E-state index contributed by atoms with van der Waals surface area (Å²) in [7, 11) is -1.39. The number of thiophene rings is 1. The van der Waals surface area contributed by atoms with E-state index in [1.54, 1.807) is 29.1 Å². The van der Waals surface area contributed by atoms with Gasteiger partial charge in [0.05, 0.1) is 11.6 Å². The monoisotopic (exact) mass is 432 g/mol. The van der Waals surface area contributed by atoms with Crippen molar-refractivity contribution < 1.29 is 8.42 Å². The van der Waals surface area contributed by atoms with Crippen LogP contribution in [0.1, 0.15) is 11.8 Å². The van der Waals surface area contributed by atoms with Crippen molar-refractivity contribution in [3.63, 3.8) is 0 Å². The highest BCUT2D eigenvalue weighted by molar-refractivity contribution is 7.88. The SMILES string of the molecule is CC1CN(S(C)(=O)=O)CCN1Cc1cc2c(=O)n(C)cc(-c3cccnc3)c2s1. The van der Waals surface area contributed by atoms with Gasteiger partial charge in [-0.15, -0.1) is 11.3 Å². The molecule has 1 saturated heterocycles. The molecule has 0 bridgehead atoms. The molecule has 4 rings (SSSR count). The Balaban J connectivity index is 1.66. The zero-order chi connectivity index (χ0) is 20.8. The van der Waals surface area contributed by atoms with Gasteiger partial charge in [-0.2, -0.15) is 4.31 Å². The Hall–Kier alpha value is -2.07. The van der Waals surface area contributed by atoms with Crippen molar-refractivity contribution in [2.75, 3.05) is 25.9 Å². The van der Waals surface area contributed by atoms with Gasteiger partial charge in [-0.3, -0.25) is 14.7 Å². The minimum atomic E-state index is -3.16. The first-order valence-corrected chi connectivity index (χ1v) is 12.1. The van der Waals surface area contributed by atoms with Gasteiger partial charge in [0.1, 0.15) is 0 Å². The van der Waals surface area contributed by atoms with Crippen LogP contribution in [0.5, 0.6) is 0 Å². The summed E-state index contributed by atoms with van der Waals surface area (Å²) in [4.78, 5) is 20.3. The third-order valence-electron chi connectivity index (χ3n) is 5.43. The van der Waals surface area contributed by atoms with Crippen molar-refractivity contribution in [1.29, 1.82) is 0 Å². The van der Waals surface area contributed by atoms with Crippen molar-refractivity contribution in [1.82, 2.24) is 18.8 Å². The van der Waals surface area contributed by atoms with Gasteiger partial charge in [0.15, 0.2) is 0 Å². The summed E-state index contributed by atoms with van der Waals surface area (Å²) in [5.74, 6) is 0. The van der Waals surface area contributed by atoms with Gasteiger partial charge < -0.3 is 4.57 Å². The summed E-state index contributed by atoms with van der Waals surface area (Å²) in [5, 5.41) is 0.719. The second-order valence-corrected chi connectivity index (χ2v) is 10.7. The molecule has 1 aliphatic rings. The van der Waals surface area contributed by atoms with E-state index >= 15 is 0 Å². The Labute approximate surface area is 174 Å². The Morgan fingerprint density at radius 1 is 1.31 bits per heavy atom. The first-order chi connectivity index (χ1) is 13.7. The molecule has 0 aliphatic carbocycles. The topological polar surface area (TPSA) is 75.5 Å². The lowest BCUT2D eigenvalue weighted by Gasteiger charge is -2.38. The van der Waals surface area contributed by atoms with Crippen molar-refractivity contribution in [2.24, 2.45) is 7.05 Å². The van der Waals surface area contributed by atoms with Crippen molar-refractivity contribution in [3.8, 4) is 11.1 Å². The Bertz CT molecular complexity index is 1200. The summed E-state index contributed by atoms with van der Waals surface area (Å²) >= 11 is 1.63. The van der Waals surface area contributed by atoms with Crippen molar-refractivity contribution >= 4 is 31.4 Å². The Kier molecular flexibility index (Phi) is 5.32. The molecule has 0 amide bonds. The predicted molar refractivity (Wildman–Crippen MR) is 117 cm³/mol. The van der Waals surface area contributed by atoms with E-state index < -0.39 is 10.0 Å². The number of rotatable bonds is 4. The number of hydrogen-bond acceptors (Lipinski definition) is 6. The molecule has 3 aromatic heterocycles.